The summed E-state index contributed by atoms with van der Waals surface area (Å²) in [6, 6.07) is 14.4. The summed E-state index contributed by atoms with van der Waals surface area (Å²) in [6.07, 6.45) is 0.254. The lowest BCUT2D eigenvalue weighted by Crippen LogP contribution is -2.35. The predicted molar refractivity (Wildman–Crippen MR) is 92.7 cm³/mol. The maximum absolute atomic E-state index is 12.0. The van der Waals surface area contributed by atoms with E-state index in [1.807, 2.05) is 30.3 Å². The molecule has 0 atom stereocenters. The first-order chi connectivity index (χ1) is 11.5. The summed E-state index contributed by atoms with van der Waals surface area (Å²) in [5.41, 5.74) is 13.6. The molecule has 0 aliphatic rings. The minimum Gasteiger partial charge on any atom is -0.399 e. The van der Waals surface area contributed by atoms with Gasteiger partial charge < -0.3 is 11.5 Å². The van der Waals surface area contributed by atoms with Crippen LogP contribution in [0.3, 0.4) is 0 Å². The monoisotopic (exact) mass is 323 g/mol. The van der Waals surface area contributed by atoms with Crippen LogP contribution in [0.25, 0.3) is 0 Å². The van der Waals surface area contributed by atoms with Gasteiger partial charge in [0, 0.05) is 17.8 Å². The molecule has 0 aliphatic heterocycles. The molecule has 7 nitrogen and oxygen atoms in total. The van der Waals surface area contributed by atoms with Gasteiger partial charge in [-0.15, -0.1) is 0 Å². The van der Waals surface area contributed by atoms with E-state index in [2.05, 4.69) is 10.1 Å². The Morgan fingerprint density at radius 3 is 2.42 bits per heavy atom. The Morgan fingerprint density at radius 2 is 1.71 bits per heavy atom. The van der Waals surface area contributed by atoms with Gasteiger partial charge in [-0.2, -0.15) is 5.10 Å². The van der Waals surface area contributed by atoms with Crippen LogP contribution in [-0.4, -0.2) is 14.8 Å². The Labute approximate surface area is 137 Å². The summed E-state index contributed by atoms with van der Waals surface area (Å²) in [7, 11) is 0. The molecule has 24 heavy (non-hydrogen) atoms. The molecule has 1 heterocycles. The molecule has 0 unspecified atom stereocenters. The number of hydrogen-bond acceptors (Lipinski definition) is 5. The Hall–Kier alpha value is -3.35. The molecule has 5 N–H and O–H groups in total. The van der Waals surface area contributed by atoms with Crippen LogP contribution >= 0.6 is 0 Å². The molecule has 2 aromatic carbocycles. The van der Waals surface area contributed by atoms with E-state index in [-0.39, 0.29) is 18.7 Å². The third-order valence-corrected chi connectivity index (χ3v) is 3.68. The van der Waals surface area contributed by atoms with E-state index in [1.165, 1.54) is 4.68 Å². The standard InChI is InChI=1S/C17H17N5O2/c18-13-7-5-11(6-8-13)10-22-17(24)20-16(23)15(21-22)9-12-3-1-2-4-14(12)19/h1-8H,9-10,18-19H2,(H,20,23,24). The lowest BCUT2D eigenvalue weighted by atomic mass is 10.1. The molecule has 122 valence electrons. The van der Waals surface area contributed by atoms with E-state index in [0.717, 1.165) is 11.1 Å². The molecule has 0 amide bonds. The highest BCUT2D eigenvalue weighted by molar-refractivity contribution is 5.47. The van der Waals surface area contributed by atoms with E-state index < -0.39 is 11.2 Å². The number of anilines is 2. The molecule has 1 aromatic heterocycles. The van der Waals surface area contributed by atoms with E-state index >= 15 is 0 Å². The maximum atomic E-state index is 12.0. The largest absolute Gasteiger partial charge is 0.399 e. The highest BCUT2D eigenvalue weighted by atomic mass is 16.2. The van der Waals surface area contributed by atoms with Gasteiger partial charge in [-0.05, 0) is 29.3 Å². The summed E-state index contributed by atoms with van der Waals surface area (Å²) in [5, 5.41) is 4.20. The van der Waals surface area contributed by atoms with Gasteiger partial charge in [0.05, 0.1) is 6.54 Å². The number of para-hydroxylation sites is 1. The summed E-state index contributed by atoms with van der Waals surface area (Å²) in [4.78, 5) is 26.3. The zero-order valence-electron chi connectivity index (χ0n) is 12.9. The van der Waals surface area contributed by atoms with Gasteiger partial charge in [0.25, 0.3) is 5.56 Å². The molecule has 7 heteroatoms. The van der Waals surface area contributed by atoms with Crippen molar-refractivity contribution in [3.05, 3.63) is 86.2 Å². The summed E-state index contributed by atoms with van der Waals surface area (Å²) in [5.74, 6) is 0. The van der Waals surface area contributed by atoms with Crippen LogP contribution < -0.4 is 22.7 Å². The Morgan fingerprint density at radius 1 is 1.00 bits per heavy atom. The topological polar surface area (TPSA) is 120 Å². The Balaban J connectivity index is 1.94. The molecule has 0 saturated heterocycles. The second kappa shape index (κ2) is 6.41. The number of benzene rings is 2. The van der Waals surface area contributed by atoms with Gasteiger partial charge in [0.1, 0.15) is 5.69 Å². The number of rotatable bonds is 4. The van der Waals surface area contributed by atoms with Gasteiger partial charge in [-0.1, -0.05) is 30.3 Å². The fourth-order valence-corrected chi connectivity index (χ4v) is 2.36. The molecule has 0 saturated carbocycles. The van der Waals surface area contributed by atoms with Gasteiger partial charge in [-0.3, -0.25) is 9.78 Å². The third-order valence-electron chi connectivity index (χ3n) is 3.68. The van der Waals surface area contributed by atoms with E-state index in [4.69, 9.17) is 11.5 Å². The van der Waals surface area contributed by atoms with Gasteiger partial charge >= 0.3 is 5.69 Å². The fraction of sp³-hybridized carbons (Fsp3) is 0.118. The molecule has 0 spiro atoms. The molecule has 0 fully saturated rings. The van der Waals surface area contributed by atoms with Crippen LogP contribution in [0.2, 0.25) is 0 Å². The Kier molecular flexibility index (Phi) is 4.15. The average Bonchev–Trinajstić information content (AvgIpc) is 2.56. The summed E-state index contributed by atoms with van der Waals surface area (Å²) < 4.78 is 1.22. The van der Waals surface area contributed by atoms with Crippen LogP contribution in [0.1, 0.15) is 16.8 Å². The van der Waals surface area contributed by atoms with Gasteiger partial charge in [0.2, 0.25) is 0 Å². The highest BCUT2D eigenvalue weighted by Crippen LogP contribution is 2.13. The molecule has 3 rings (SSSR count). The molecule has 3 aromatic rings. The molecule has 0 aliphatic carbocycles. The average molecular weight is 323 g/mol. The van der Waals surface area contributed by atoms with Crippen molar-refractivity contribution >= 4 is 11.4 Å². The predicted octanol–water partition coefficient (Wildman–Crippen LogP) is 0.735. The highest BCUT2D eigenvalue weighted by Gasteiger charge is 2.10. The van der Waals surface area contributed by atoms with Crippen molar-refractivity contribution < 1.29 is 0 Å². The normalized spacial score (nSPS) is 10.7. The minimum atomic E-state index is -0.554. The van der Waals surface area contributed by atoms with Crippen LogP contribution in [0.4, 0.5) is 11.4 Å². The minimum absolute atomic E-state index is 0.239. The summed E-state index contributed by atoms with van der Waals surface area (Å²) >= 11 is 0. The molecule has 0 bridgehead atoms. The zero-order valence-corrected chi connectivity index (χ0v) is 12.9. The van der Waals surface area contributed by atoms with E-state index in [1.54, 1.807) is 18.2 Å². The van der Waals surface area contributed by atoms with E-state index in [0.29, 0.717) is 11.4 Å². The SMILES string of the molecule is Nc1ccc(Cn2nc(Cc3ccccc3N)c(=O)[nH]c2=O)cc1. The number of aromatic amines is 1. The number of nitrogen functional groups attached to an aromatic ring is 2. The van der Waals surface area contributed by atoms with Crippen LogP contribution in [0, 0.1) is 0 Å². The zero-order chi connectivity index (χ0) is 17.1. The van der Waals surface area contributed by atoms with Crippen LogP contribution in [0.5, 0.6) is 0 Å². The fourth-order valence-electron chi connectivity index (χ4n) is 2.36. The van der Waals surface area contributed by atoms with Crippen molar-refractivity contribution in [1.82, 2.24) is 14.8 Å². The number of nitrogens with zero attached hydrogens (tertiary/aromatic N) is 2. The lowest BCUT2D eigenvalue weighted by Gasteiger charge is -2.08. The molecular formula is C17H17N5O2. The second-order valence-electron chi connectivity index (χ2n) is 5.48. The van der Waals surface area contributed by atoms with E-state index in [9.17, 15) is 9.59 Å². The van der Waals surface area contributed by atoms with Gasteiger partial charge in [0.15, 0.2) is 0 Å². The van der Waals surface area contributed by atoms with Crippen molar-refractivity contribution in [2.75, 3.05) is 11.5 Å². The second-order valence-corrected chi connectivity index (χ2v) is 5.48. The van der Waals surface area contributed by atoms with Crippen molar-refractivity contribution in [3.63, 3.8) is 0 Å². The first kappa shape index (κ1) is 15.5. The van der Waals surface area contributed by atoms with Crippen LogP contribution in [-0.2, 0) is 13.0 Å². The van der Waals surface area contributed by atoms with Crippen molar-refractivity contribution in [3.8, 4) is 0 Å². The quantitative estimate of drug-likeness (QED) is 0.612. The third kappa shape index (κ3) is 3.35. The Bertz CT molecular complexity index is 973. The van der Waals surface area contributed by atoms with Crippen molar-refractivity contribution in [1.29, 1.82) is 0 Å². The number of nitrogens with two attached hydrogens (primary N) is 2. The first-order valence-corrected chi connectivity index (χ1v) is 7.41. The summed E-state index contributed by atoms with van der Waals surface area (Å²) in [6.45, 7) is 0.243. The first-order valence-electron chi connectivity index (χ1n) is 7.41. The molecule has 0 radical (unpaired) electrons. The smallest absolute Gasteiger partial charge is 0.345 e. The number of H-pyrrole nitrogens is 1. The van der Waals surface area contributed by atoms with Crippen molar-refractivity contribution in [2.45, 2.75) is 13.0 Å². The molecular weight excluding hydrogens is 306 g/mol. The number of hydrogen-bond donors (Lipinski definition) is 3. The number of nitrogens with one attached hydrogen (secondary N) is 1. The van der Waals surface area contributed by atoms with Crippen molar-refractivity contribution in [2.24, 2.45) is 0 Å². The van der Waals surface area contributed by atoms with Gasteiger partial charge in [-0.25, -0.2) is 9.48 Å². The van der Waals surface area contributed by atoms with Crippen LogP contribution in [0.15, 0.2) is 58.1 Å². The number of aromatic nitrogens is 3. The maximum Gasteiger partial charge on any atom is 0.345 e. The lowest BCUT2D eigenvalue weighted by molar-refractivity contribution is 0.590.